The van der Waals surface area contributed by atoms with Crippen molar-refractivity contribution >= 4 is 11.6 Å². The van der Waals surface area contributed by atoms with Crippen LogP contribution in [0.4, 0.5) is 0 Å². The molecule has 0 aliphatic rings. The third-order valence-corrected chi connectivity index (χ3v) is 3.21. The topological polar surface area (TPSA) is 61.7 Å². The van der Waals surface area contributed by atoms with Gasteiger partial charge in [0, 0.05) is 17.1 Å². The Labute approximate surface area is 119 Å². The monoisotopic (exact) mass is 287 g/mol. The highest BCUT2D eigenvalue weighted by molar-refractivity contribution is 6.31. The first-order valence-electron chi connectivity index (χ1n) is 6.27. The number of halogens is 1. The van der Waals surface area contributed by atoms with E-state index in [-0.39, 0.29) is 13.2 Å². The van der Waals surface area contributed by atoms with Crippen molar-refractivity contribution in [3.8, 4) is 5.75 Å². The molecule has 1 aromatic carbocycles. The summed E-state index contributed by atoms with van der Waals surface area (Å²) >= 11 is 5.92. The molecule has 19 heavy (non-hydrogen) atoms. The summed E-state index contributed by atoms with van der Waals surface area (Å²) in [5, 5.41) is 22.6. The van der Waals surface area contributed by atoms with E-state index in [4.69, 9.17) is 21.4 Å². The highest BCUT2D eigenvalue weighted by atomic mass is 35.5. The molecule has 3 N–H and O–H groups in total. The second-order valence-electron chi connectivity index (χ2n) is 5.30. The Balaban J connectivity index is 2.37. The largest absolute Gasteiger partial charge is 0.491 e. The molecule has 0 radical (unpaired) electrons. The molecule has 0 aliphatic heterocycles. The molecule has 0 saturated carbocycles. The number of hydrogen-bond acceptors (Lipinski definition) is 4. The maximum atomic E-state index is 9.80. The number of rotatable bonds is 7. The number of aryl methyl sites for hydroxylation is 1. The Hall–Kier alpha value is -0.810. The molecular formula is C14H22ClNO3. The summed E-state index contributed by atoms with van der Waals surface area (Å²) in [7, 11) is 0. The van der Waals surface area contributed by atoms with Gasteiger partial charge in [-0.05, 0) is 44.5 Å². The molecule has 0 aromatic heterocycles. The van der Waals surface area contributed by atoms with Crippen LogP contribution in [0.1, 0.15) is 19.4 Å². The first-order chi connectivity index (χ1) is 8.84. The molecule has 0 fully saturated rings. The smallest absolute Gasteiger partial charge is 0.119 e. The Morgan fingerprint density at radius 3 is 2.68 bits per heavy atom. The van der Waals surface area contributed by atoms with Crippen LogP contribution in [0.25, 0.3) is 0 Å². The van der Waals surface area contributed by atoms with E-state index in [1.54, 1.807) is 12.1 Å². The Kier molecular flexibility index (Phi) is 6.07. The second kappa shape index (κ2) is 7.10. The van der Waals surface area contributed by atoms with Crippen molar-refractivity contribution in [2.45, 2.75) is 32.4 Å². The molecule has 1 aromatic rings. The van der Waals surface area contributed by atoms with Gasteiger partial charge in [-0.25, -0.2) is 0 Å². The van der Waals surface area contributed by atoms with Crippen LogP contribution in [0.3, 0.4) is 0 Å². The highest BCUT2D eigenvalue weighted by Gasteiger charge is 2.17. The fourth-order valence-corrected chi connectivity index (χ4v) is 1.53. The highest BCUT2D eigenvalue weighted by Crippen LogP contribution is 2.21. The van der Waals surface area contributed by atoms with Gasteiger partial charge in [-0.2, -0.15) is 0 Å². The van der Waals surface area contributed by atoms with E-state index in [9.17, 15) is 5.11 Å². The van der Waals surface area contributed by atoms with Gasteiger partial charge in [0.1, 0.15) is 18.5 Å². The molecule has 0 spiro atoms. The van der Waals surface area contributed by atoms with E-state index in [0.717, 1.165) is 5.56 Å². The van der Waals surface area contributed by atoms with Crippen LogP contribution in [-0.2, 0) is 0 Å². The molecule has 1 atom stereocenters. The number of aliphatic hydroxyl groups is 2. The number of nitrogens with one attached hydrogen (secondary N) is 1. The minimum absolute atomic E-state index is 0.0109. The summed E-state index contributed by atoms with van der Waals surface area (Å²) in [6, 6.07) is 5.37. The number of aliphatic hydroxyl groups excluding tert-OH is 2. The van der Waals surface area contributed by atoms with Crippen molar-refractivity contribution in [1.82, 2.24) is 5.32 Å². The molecule has 1 rings (SSSR count). The van der Waals surface area contributed by atoms with Crippen molar-refractivity contribution in [1.29, 1.82) is 0 Å². The van der Waals surface area contributed by atoms with E-state index >= 15 is 0 Å². The molecule has 4 nitrogen and oxygen atoms in total. The normalized spacial score (nSPS) is 13.4. The molecule has 0 aliphatic carbocycles. The van der Waals surface area contributed by atoms with Gasteiger partial charge >= 0.3 is 0 Å². The van der Waals surface area contributed by atoms with Gasteiger partial charge in [-0.1, -0.05) is 11.6 Å². The van der Waals surface area contributed by atoms with Crippen LogP contribution in [0.2, 0.25) is 5.02 Å². The summed E-state index contributed by atoms with van der Waals surface area (Å²) in [6.45, 7) is 6.19. The maximum Gasteiger partial charge on any atom is 0.119 e. The molecule has 0 saturated heterocycles. The molecule has 108 valence electrons. The first-order valence-corrected chi connectivity index (χ1v) is 6.65. The molecule has 5 heteroatoms. The third kappa shape index (κ3) is 5.78. The van der Waals surface area contributed by atoms with Crippen LogP contribution in [0.15, 0.2) is 18.2 Å². The Bertz CT molecular complexity index is 410. The van der Waals surface area contributed by atoms with E-state index in [1.165, 1.54) is 0 Å². The molecule has 0 bridgehead atoms. The molecule has 0 amide bonds. The van der Waals surface area contributed by atoms with Crippen LogP contribution in [0.5, 0.6) is 5.75 Å². The van der Waals surface area contributed by atoms with Crippen molar-refractivity contribution in [2.75, 3.05) is 19.8 Å². The van der Waals surface area contributed by atoms with E-state index in [1.807, 2.05) is 26.8 Å². The van der Waals surface area contributed by atoms with Crippen LogP contribution < -0.4 is 10.1 Å². The minimum atomic E-state index is -0.637. The number of β-amino-alcohol motifs (C(OH)–C–C–N with tert-alkyl or cyclic N) is 1. The van der Waals surface area contributed by atoms with Gasteiger partial charge in [-0.15, -0.1) is 0 Å². The van der Waals surface area contributed by atoms with Crippen LogP contribution in [0, 0.1) is 6.92 Å². The predicted octanol–water partition coefficient (Wildman–Crippen LogP) is 1.75. The van der Waals surface area contributed by atoms with Gasteiger partial charge in [0.05, 0.1) is 6.61 Å². The zero-order valence-corrected chi connectivity index (χ0v) is 12.4. The zero-order chi connectivity index (χ0) is 14.5. The zero-order valence-electron chi connectivity index (χ0n) is 11.6. The van der Waals surface area contributed by atoms with Gasteiger partial charge in [0.2, 0.25) is 0 Å². The van der Waals surface area contributed by atoms with Crippen molar-refractivity contribution in [3.05, 3.63) is 28.8 Å². The van der Waals surface area contributed by atoms with Gasteiger partial charge in [0.15, 0.2) is 0 Å². The summed E-state index contributed by atoms with van der Waals surface area (Å²) in [5.41, 5.74) is 0.533. The summed E-state index contributed by atoms with van der Waals surface area (Å²) in [6.07, 6.45) is -0.637. The lowest BCUT2D eigenvalue weighted by Crippen LogP contribution is -2.47. The summed E-state index contributed by atoms with van der Waals surface area (Å²) in [4.78, 5) is 0. The lowest BCUT2D eigenvalue weighted by Gasteiger charge is -2.25. The second-order valence-corrected chi connectivity index (χ2v) is 5.71. The van der Waals surface area contributed by atoms with Crippen LogP contribution >= 0.6 is 11.6 Å². The molecule has 0 unspecified atom stereocenters. The number of ether oxygens (including phenoxy) is 1. The maximum absolute atomic E-state index is 9.80. The Morgan fingerprint density at radius 1 is 1.42 bits per heavy atom. The average Bonchev–Trinajstić information content (AvgIpc) is 2.38. The summed E-state index contributed by atoms with van der Waals surface area (Å²) in [5.74, 6) is 0.683. The third-order valence-electron chi connectivity index (χ3n) is 2.78. The van der Waals surface area contributed by atoms with E-state index in [2.05, 4.69) is 5.32 Å². The fraction of sp³-hybridized carbons (Fsp3) is 0.571. The molecule has 0 heterocycles. The quantitative estimate of drug-likeness (QED) is 0.715. The first kappa shape index (κ1) is 16.2. The summed E-state index contributed by atoms with van der Waals surface area (Å²) < 4.78 is 5.49. The van der Waals surface area contributed by atoms with E-state index in [0.29, 0.717) is 17.3 Å². The standard InChI is InChI=1S/C14H22ClNO3/c1-10-6-12(4-5-13(10)15)19-8-11(18)7-16-14(2,3)9-17/h4-6,11,16-18H,7-9H2,1-3H3/t11-/m1/s1. The fourth-order valence-electron chi connectivity index (χ4n) is 1.41. The lowest BCUT2D eigenvalue weighted by atomic mass is 10.1. The Morgan fingerprint density at radius 2 is 2.11 bits per heavy atom. The van der Waals surface area contributed by atoms with Gasteiger partial charge in [0.25, 0.3) is 0 Å². The van der Waals surface area contributed by atoms with Gasteiger partial charge < -0.3 is 20.3 Å². The molecular weight excluding hydrogens is 266 g/mol. The SMILES string of the molecule is Cc1cc(OC[C@H](O)CNC(C)(C)CO)ccc1Cl. The van der Waals surface area contributed by atoms with Crippen LogP contribution in [-0.4, -0.2) is 41.6 Å². The van der Waals surface area contributed by atoms with Crippen molar-refractivity contribution in [3.63, 3.8) is 0 Å². The van der Waals surface area contributed by atoms with E-state index < -0.39 is 11.6 Å². The lowest BCUT2D eigenvalue weighted by molar-refractivity contribution is 0.0906. The number of hydrogen-bond donors (Lipinski definition) is 3. The predicted molar refractivity (Wildman–Crippen MR) is 76.9 cm³/mol. The minimum Gasteiger partial charge on any atom is -0.491 e. The van der Waals surface area contributed by atoms with Gasteiger partial charge in [-0.3, -0.25) is 0 Å². The van der Waals surface area contributed by atoms with Crippen molar-refractivity contribution < 1.29 is 14.9 Å². The average molecular weight is 288 g/mol. The van der Waals surface area contributed by atoms with Crippen molar-refractivity contribution in [2.24, 2.45) is 0 Å². The number of benzene rings is 1.